The van der Waals surface area contributed by atoms with Gasteiger partial charge in [-0.3, -0.25) is 9.59 Å². The Hall–Kier alpha value is -3.47. The lowest BCUT2D eigenvalue weighted by molar-refractivity contribution is -0.140. The lowest BCUT2D eigenvalue weighted by Crippen LogP contribution is -2.50. The maximum absolute atomic E-state index is 13.4. The molecule has 0 unspecified atom stereocenters. The van der Waals surface area contributed by atoms with Crippen molar-refractivity contribution in [3.63, 3.8) is 0 Å². The van der Waals surface area contributed by atoms with Crippen LogP contribution in [0.25, 0.3) is 11.1 Å². The van der Waals surface area contributed by atoms with E-state index in [9.17, 15) is 14.0 Å². The second-order valence-electron chi connectivity index (χ2n) is 8.79. The fourth-order valence-corrected chi connectivity index (χ4v) is 4.70. The number of halogens is 1. The van der Waals surface area contributed by atoms with Crippen molar-refractivity contribution in [1.82, 2.24) is 10.2 Å². The van der Waals surface area contributed by atoms with Crippen LogP contribution in [0.3, 0.4) is 0 Å². The van der Waals surface area contributed by atoms with E-state index in [-0.39, 0.29) is 24.1 Å². The smallest absolute Gasteiger partial charge is 0.226 e. The van der Waals surface area contributed by atoms with Crippen molar-refractivity contribution in [3.8, 4) is 11.1 Å². The van der Waals surface area contributed by atoms with Crippen molar-refractivity contribution >= 4 is 11.8 Å². The quantitative estimate of drug-likeness (QED) is 0.603. The molecule has 0 bridgehead atoms. The number of hydrogen-bond acceptors (Lipinski definition) is 2. The lowest BCUT2D eigenvalue weighted by atomic mass is 9.72. The summed E-state index contributed by atoms with van der Waals surface area (Å²) in [6, 6.07) is 24.7. The maximum Gasteiger partial charge on any atom is 0.226 e. The summed E-state index contributed by atoms with van der Waals surface area (Å²) in [5.74, 6) is -0.346. The first kappa shape index (κ1) is 22.7. The summed E-state index contributed by atoms with van der Waals surface area (Å²) in [6.45, 7) is 1.04. The molecule has 1 fully saturated rings. The van der Waals surface area contributed by atoms with Crippen LogP contribution in [-0.4, -0.2) is 36.9 Å². The Balaban J connectivity index is 1.43. The largest absolute Gasteiger partial charge is 0.359 e. The van der Waals surface area contributed by atoms with Gasteiger partial charge in [0.1, 0.15) is 5.82 Å². The van der Waals surface area contributed by atoms with E-state index in [4.69, 9.17) is 0 Å². The van der Waals surface area contributed by atoms with E-state index in [0.717, 1.165) is 16.7 Å². The third-order valence-electron chi connectivity index (χ3n) is 6.63. The van der Waals surface area contributed by atoms with Crippen LogP contribution in [0.2, 0.25) is 0 Å². The van der Waals surface area contributed by atoms with Gasteiger partial charge in [-0.05, 0) is 53.6 Å². The minimum Gasteiger partial charge on any atom is -0.359 e. The fraction of sp³-hybridized carbons (Fsp3) is 0.286. The number of rotatable bonds is 6. The Kier molecular flexibility index (Phi) is 6.87. The zero-order valence-corrected chi connectivity index (χ0v) is 18.9. The van der Waals surface area contributed by atoms with Crippen molar-refractivity contribution in [2.75, 3.05) is 20.1 Å². The van der Waals surface area contributed by atoms with E-state index in [2.05, 4.69) is 41.7 Å². The van der Waals surface area contributed by atoms with Crippen molar-refractivity contribution in [1.29, 1.82) is 0 Å². The molecule has 0 saturated carbocycles. The highest BCUT2D eigenvalue weighted by Gasteiger charge is 2.41. The molecule has 0 radical (unpaired) electrons. The second-order valence-corrected chi connectivity index (χ2v) is 8.79. The number of benzene rings is 3. The number of nitrogens with one attached hydrogen (secondary N) is 1. The summed E-state index contributed by atoms with van der Waals surface area (Å²) in [5, 5.41) is 2.84. The zero-order valence-electron chi connectivity index (χ0n) is 18.9. The average Bonchev–Trinajstić information content (AvgIpc) is 2.85. The van der Waals surface area contributed by atoms with E-state index in [1.54, 1.807) is 24.1 Å². The molecule has 0 aliphatic carbocycles. The SMILES string of the molecule is CNC(=O)C1(Cc2ccc(-c3ccccc3)cc2)CCN(C(=O)Cc2cccc(F)c2)CC1. The summed E-state index contributed by atoms with van der Waals surface area (Å²) < 4.78 is 13.4. The highest BCUT2D eigenvalue weighted by Crippen LogP contribution is 2.36. The summed E-state index contributed by atoms with van der Waals surface area (Å²) in [4.78, 5) is 27.5. The Labute approximate surface area is 194 Å². The first-order valence-electron chi connectivity index (χ1n) is 11.4. The van der Waals surface area contributed by atoms with Crippen LogP contribution in [0, 0.1) is 11.2 Å². The van der Waals surface area contributed by atoms with Gasteiger partial charge in [0.2, 0.25) is 11.8 Å². The van der Waals surface area contributed by atoms with Gasteiger partial charge >= 0.3 is 0 Å². The van der Waals surface area contributed by atoms with Crippen LogP contribution in [-0.2, 0) is 22.4 Å². The van der Waals surface area contributed by atoms with E-state index >= 15 is 0 Å². The number of likely N-dealkylation sites (tertiary alicyclic amines) is 1. The molecular formula is C28H29FN2O2. The van der Waals surface area contributed by atoms with Crippen molar-refractivity contribution in [2.24, 2.45) is 5.41 Å². The first-order chi connectivity index (χ1) is 16.0. The Morgan fingerprint density at radius 3 is 2.18 bits per heavy atom. The van der Waals surface area contributed by atoms with Crippen LogP contribution in [0.1, 0.15) is 24.0 Å². The molecule has 0 atom stereocenters. The highest BCUT2D eigenvalue weighted by molar-refractivity contribution is 5.84. The summed E-state index contributed by atoms with van der Waals surface area (Å²) in [6.07, 6.45) is 2.00. The van der Waals surface area contributed by atoms with Gasteiger partial charge in [-0.2, -0.15) is 0 Å². The third kappa shape index (κ3) is 5.30. The molecule has 33 heavy (non-hydrogen) atoms. The van der Waals surface area contributed by atoms with Crippen LogP contribution in [0.15, 0.2) is 78.9 Å². The third-order valence-corrected chi connectivity index (χ3v) is 6.63. The molecule has 1 saturated heterocycles. The summed E-state index contributed by atoms with van der Waals surface area (Å²) >= 11 is 0. The van der Waals surface area contributed by atoms with Gasteiger partial charge in [-0.1, -0.05) is 66.7 Å². The van der Waals surface area contributed by atoms with Gasteiger partial charge in [0.05, 0.1) is 11.8 Å². The Morgan fingerprint density at radius 2 is 1.55 bits per heavy atom. The van der Waals surface area contributed by atoms with Crippen LogP contribution in [0.5, 0.6) is 0 Å². The molecular weight excluding hydrogens is 415 g/mol. The van der Waals surface area contributed by atoms with Gasteiger partial charge in [0.25, 0.3) is 0 Å². The molecule has 0 spiro atoms. The highest BCUT2D eigenvalue weighted by atomic mass is 19.1. The summed E-state index contributed by atoms with van der Waals surface area (Å²) in [7, 11) is 1.67. The molecule has 2 amide bonds. The number of hydrogen-bond donors (Lipinski definition) is 1. The molecule has 1 N–H and O–H groups in total. The molecule has 5 heteroatoms. The molecule has 1 aliphatic rings. The maximum atomic E-state index is 13.4. The van der Waals surface area contributed by atoms with E-state index in [0.29, 0.717) is 37.9 Å². The van der Waals surface area contributed by atoms with Gasteiger partial charge in [0.15, 0.2) is 0 Å². The molecule has 4 rings (SSSR count). The monoisotopic (exact) mass is 444 g/mol. The molecule has 1 heterocycles. The normalized spacial score (nSPS) is 15.2. The van der Waals surface area contributed by atoms with Gasteiger partial charge < -0.3 is 10.2 Å². The molecule has 170 valence electrons. The minimum absolute atomic E-state index is 0.0202. The molecule has 3 aromatic carbocycles. The van der Waals surface area contributed by atoms with Gasteiger partial charge in [-0.25, -0.2) is 4.39 Å². The van der Waals surface area contributed by atoms with Gasteiger partial charge in [0, 0.05) is 20.1 Å². The Morgan fingerprint density at radius 1 is 0.879 bits per heavy atom. The number of carbonyl (C=O) groups excluding carboxylic acids is 2. The Bertz CT molecular complexity index is 1100. The lowest BCUT2D eigenvalue weighted by Gasteiger charge is -2.40. The van der Waals surface area contributed by atoms with Crippen molar-refractivity contribution < 1.29 is 14.0 Å². The van der Waals surface area contributed by atoms with E-state index in [1.807, 2.05) is 18.2 Å². The minimum atomic E-state index is -0.543. The van der Waals surface area contributed by atoms with Gasteiger partial charge in [-0.15, -0.1) is 0 Å². The second kappa shape index (κ2) is 9.99. The molecule has 4 nitrogen and oxygen atoms in total. The topological polar surface area (TPSA) is 49.4 Å². The number of carbonyl (C=O) groups is 2. The average molecular weight is 445 g/mol. The standard InChI is InChI=1S/C28H29FN2O2/c1-30-27(33)28(20-21-10-12-24(13-11-21)23-7-3-2-4-8-23)14-16-31(17-15-28)26(32)19-22-6-5-9-25(29)18-22/h2-13,18H,14-17,19-20H2,1H3,(H,30,33). The summed E-state index contributed by atoms with van der Waals surface area (Å²) in [5.41, 5.74) is 3.54. The molecule has 0 aromatic heterocycles. The zero-order chi connectivity index (χ0) is 23.3. The van der Waals surface area contributed by atoms with E-state index in [1.165, 1.54) is 12.1 Å². The predicted octanol–water partition coefficient (Wildman–Crippen LogP) is 4.63. The van der Waals surface area contributed by atoms with Crippen molar-refractivity contribution in [2.45, 2.75) is 25.7 Å². The van der Waals surface area contributed by atoms with Crippen LogP contribution in [0.4, 0.5) is 4.39 Å². The van der Waals surface area contributed by atoms with Crippen LogP contribution >= 0.6 is 0 Å². The number of nitrogens with zero attached hydrogens (tertiary/aromatic N) is 1. The van der Waals surface area contributed by atoms with E-state index < -0.39 is 5.41 Å². The molecule has 1 aliphatic heterocycles. The fourth-order valence-electron chi connectivity index (χ4n) is 4.70. The molecule has 3 aromatic rings. The predicted molar refractivity (Wildman–Crippen MR) is 128 cm³/mol. The van der Waals surface area contributed by atoms with Crippen molar-refractivity contribution in [3.05, 3.63) is 95.8 Å². The number of piperidine rings is 1. The first-order valence-corrected chi connectivity index (χ1v) is 11.4. The number of amides is 2. The van der Waals surface area contributed by atoms with Crippen LogP contribution < -0.4 is 5.32 Å².